The normalized spacial score (nSPS) is 11.3. The molecule has 0 atom stereocenters. The number of aliphatic imine (C=N–C) groups is 1. The van der Waals surface area contributed by atoms with Crippen LogP contribution in [0, 0.1) is 0 Å². The van der Waals surface area contributed by atoms with Gasteiger partial charge in [0, 0.05) is 17.9 Å². The van der Waals surface area contributed by atoms with Gasteiger partial charge in [-0.05, 0) is 43.3 Å². The molecule has 2 aromatic rings. The van der Waals surface area contributed by atoms with E-state index >= 15 is 0 Å². The highest BCUT2D eigenvalue weighted by Gasteiger charge is 1.97. The van der Waals surface area contributed by atoms with Gasteiger partial charge in [-0.1, -0.05) is 0 Å². The Morgan fingerprint density at radius 1 is 1.21 bits per heavy atom. The topological polar surface area (TPSA) is 75.6 Å². The van der Waals surface area contributed by atoms with Crippen LogP contribution in [0.2, 0.25) is 0 Å². The van der Waals surface area contributed by atoms with Crippen LogP contribution in [0.3, 0.4) is 0 Å². The minimum Gasteiger partial charge on any atom is -0.467 e. The summed E-state index contributed by atoms with van der Waals surface area (Å²) in [6.45, 7) is 3.40. The molecule has 0 aliphatic rings. The monoisotopic (exact) mass is 258 g/mol. The predicted octanol–water partition coefficient (Wildman–Crippen LogP) is 2.64. The molecule has 1 aromatic heterocycles. The van der Waals surface area contributed by atoms with Gasteiger partial charge in [0.25, 0.3) is 0 Å². The van der Waals surface area contributed by atoms with Crippen LogP contribution >= 0.6 is 0 Å². The molecule has 4 N–H and O–H groups in total. The summed E-state index contributed by atoms with van der Waals surface area (Å²) in [7, 11) is 0. The Hall–Kier alpha value is -2.43. The summed E-state index contributed by atoms with van der Waals surface area (Å²) >= 11 is 0. The molecule has 5 nitrogen and oxygen atoms in total. The van der Waals surface area contributed by atoms with Gasteiger partial charge in [-0.15, -0.1) is 0 Å². The molecule has 2 rings (SSSR count). The van der Waals surface area contributed by atoms with Crippen LogP contribution in [-0.2, 0) is 6.54 Å². The highest BCUT2D eigenvalue weighted by Crippen LogP contribution is 2.13. The SMILES string of the molecule is CCNc1ccc(NC(N)=NCc2ccco2)cc1. The molecule has 19 heavy (non-hydrogen) atoms. The van der Waals surface area contributed by atoms with Crippen molar-refractivity contribution >= 4 is 17.3 Å². The maximum absolute atomic E-state index is 5.80. The molecular formula is C14H18N4O. The van der Waals surface area contributed by atoms with Crippen LogP contribution in [0.15, 0.2) is 52.1 Å². The van der Waals surface area contributed by atoms with E-state index in [-0.39, 0.29) is 0 Å². The summed E-state index contributed by atoms with van der Waals surface area (Å²) in [4.78, 5) is 4.19. The van der Waals surface area contributed by atoms with Gasteiger partial charge in [0.05, 0.1) is 6.26 Å². The van der Waals surface area contributed by atoms with Gasteiger partial charge in [0.15, 0.2) is 5.96 Å². The lowest BCUT2D eigenvalue weighted by atomic mass is 10.3. The molecule has 0 spiro atoms. The average molecular weight is 258 g/mol. The number of nitrogens with one attached hydrogen (secondary N) is 2. The first-order chi connectivity index (χ1) is 9.28. The largest absolute Gasteiger partial charge is 0.467 e. The molecule has 0 amide bonds. The zero-order valence-corrected chi connectivity index (χ0v) is 10.9. The van der Waals surface area contributed by atoms with Crippen molar-refractivity contribution in [1.29, 1.82) is 0 Å². The predicted molar refractivity (Wildman–Crippen MR) is 78.3 cm³/mol. The van der Waals surface area contributed by atoms with Crippen molar-refractivity contribution in [1.82, 2.24) is 0 Å². The highest BCUT2D eigenvalue weighted by atomic mass is 16.3. The van der Waals surface area contributed by atoms with Gasteiger partial charge in [0.1, 0.15) is 12.3 Å². The van der Waals surface area contributed by atoms with Crippen molar-refractivity contribution in [3.05, 3.63) is 48.4 Å². The maximum Gasteiger partial charge on any atom is 0.193 e. The molecule has 0 saturated heterocycles. The lowest BCUT2D eigenvalue weighted by Crippen LogP contribution is -2.22. The van der Waals surface area contributed by atoms with Crippen molar-refractivity contribution in [2.45, 2.75) is 13.5 Å². The molecule has 0 unspecified atom stereocenters. The second-order valence-electron chi connectivity index (χ2n) is 4.01. The number of guanidine groups is 1. The lowest BCUT2D eigenvalue weighted by Gasteiger charge is -2.07. The fourth-order valence-electron chi connectivity index (χ4n) is 1.63. The minimum absolute atomic E-state index is 0.368. The number of hydrogen-bond donors (Lipinski definition) is 3. The standard InChI is InChI=1S/C14H18N4O/c1-2-16-11-5-7-12(8-6-11)18-14(15)17-10-13-4-3-9-19-13/h3-9,16H,2,10H2,1H3,(H3,15,17,18). The average Bonchev–Trinajstić information content (AvgIpc) is 2.92. The fraction of sp³-hybridized carbons (Fsp3) is 0.214. The summed E-state index contributed by atoms with van der Waals surface area (Å²) in [6, 6.07) is 11.6. The summed E-state index contributed by atoms with van der Waals surface area (Å²) in [5.41, 5.74) is 7.79. The Morgan fingerprint density at radius 3 is 2.58 bits per heavy atom. The number of furan rings is 1. The molecule has 0 aliphatic carbocycles. The van der Waals surface area contributed by atoms with Crippen LogP contribution in [0.25, 0.3) is 0 Å². The first-order valence-corrected chi connectivity index (χ1v) is 6.21. The first-order valence-electron chi connectivity index (χ1n) is 6.21. The van der Waals surface area contributed by atoms with E-state index in [1.807, 2.05) is 36.4 Å². The van der Waals surface area contributed by atoms with Crippen LogP contribution < -0.4 is 16.4 Å². The van der Waals surface area contributed by atoms with Gasteiger partial charge < -0.3 is 20.8 Å². The number of benzene rings is 1. The minimum atomic E-state index is 0.368. The van der Waals surface area contributed by atoms with Crippen molar-refractivity contribution in [3.63, 3.8) is 0 Å². The summed E-state index contributed by atoms with van der Waals surface area (Å²) in [5, 5.41) is 6.26. The Labute approximate surface area is 112 Å². The van der Waals surface area contributed by atoms with E-state index in [9.17, 15) is 0 Å². The molecule has 0 aliphatic heterocycles. The fourth-order valence-corrected chi connectivity index (χ4v) is 1.63. The van der Waals surface area contributed by atoms with Crippen molar-refractivity contribution in [3.8, 4) is 0 Å². The first kappa shape index (κ1) is 13.0. The van der Waals surface area contributed by atoms with Gasteiger partial charge in [-0.3, -0.25) is 0 Å². The van der Waals surface area contributed by atoms with Crippen molar-refractivity contribution < 1.29 is 4.42 Å². The third kappa shape index (κ3) is 4.06. The van der Waals surface area contributed by atoms with Crippen LogP contribution in [-0.4, -0.2) is 12.5 Å². The van der Waals surface area contributed by atoms with Gasteiger partial charge in [-0.25, -0.2) is 4.99 Å². The van der Waals surface area contributed by atoms with Crippen LogP contribution in [0.4, 0.5) is 11.4 Å². The Balaban J connectivity index is 1.90. The number of hydrogen-bond acceptors (Lipinski definition) is 3. The smallest absolute Gasteiger partial charge is 0.193 e. The van der Waals surface area contributed by atoms with E-state index in [4.69, 9.17) is 10.2 Å². The van der Waals surface area contributed by atoms with Gasteiger partial charge in [0.2, 0.25) is 0 Å². The zero-order chi connectivity index (χ0) is 13.5. The summed E-state index contributed by atoms with van der Waals surface area (Å²) in [6.07, 6.45) is 1.62. The van der Waals surface area contributed by atoms with Crippen molar-refractivity contribution in [2.24, 2.45) is 10.7 Å². The number of anilines is 2. The second kappa shape index (κ2) is 6.49. The van der Waals surface area contributed by atoms with E-state index in [0.29, 0.717) is 12.5 Å². The third-order valence-corrected chi connectivity index (χ3v) is 2.52. The van der Waals surface area contributed by atoms with Gasteiger partial charge >= 0.3 is 0 Å². The molecule has 0 fully saturated rings. The lowest BCUT2D eigenvalue weighted by molar-refractivity contribution is 0.513. The number of nitrogens with two attached hydrogens (primary N) is 1. The summed E-state index contributed by atoms with van der Waals surface area (Å²) in [5.74, 6) is 1.15. The van der Waals surface area contributed by atoms with Crippen LogP contribution in [0.5, 0.6) is 0 Å². The molecule has 1 heterocycles. The van der Waals surface area contributed by atoms with E-state index in [1.54, 1.807) is 6.26 Å². The van der Waals surface area contributed by atoms with E-state index in [2.05, 4.69) is 22.5 Å². The molecule has 5 heteroatoms. The van der Waals surface area contributed by atoms with E-state index in [0.717, 1.165) is 23.7 Å². The number of rotatable bonds is 5. The third-order valence-electron chi connectivity index (χ3n) is 2.52. The second-order valence-corrected chi connectivity index (χ2v) is 4.01. The van der Waals surface area contributed by atoms with Crippen molar-refractivity contribution in [2.75, 3.05) is 17.2 Å². The summed E-state index contributed by atoms with van der Waals surface area (Å²) < 4.78 is 5.18. The highest BCUT2D eigenvalue weighted by molar-refractivity contribution is 5.92. The quantitative estimate of drug-likeness (QED) is 0.569. The molecule has 0 bridgehead atoms. The Bertz CT molecular complexity index is 517. The molecular weight excluding hydrogens is 240 g/mol. The van der Waals surface area contributed by atoms with Gasteiger partial charge in [-0.2, -0.15) is 0 Å². The Kier molecular flexibility index (Phi) is 4.44. The molecule has 0 radical (unpaired) electrons. The zero-order valence-electron chi connectivity index (χ0n) is 10.9. The number of nitrogens with zero attached hydrogens (tertiary/aromatic N) is 1. The molecule has 0 saturated carbocycles. The maximum atomic E-state index is 5.80. The molecule has 1 aromatic carbocycles. The Morgan fingerprint density at radius 2 is 1.95 bits per heavy atom. The van der Waals surface area contributed by atoms with E-state index in [1.165, 1.54) is 0 Å². The van der Waals surface area contributed by atoms with Crippen LogP contribution in [0.1, 0.15) is 12.7 Å². The van der Waals surface area contributed by atoms with E-state index < -0.39 is 0 Å². The molecule has 100 valence electrons.